The highest BCUT2D eigenvalue weighted by Gasteiger charge is 2.78. The largest absolute Gasteiger partial charge is 0.466 e. The normalized spacial score (nSPS) is 32.2. The summed E-state index contributed by atoms with van der Waals surface area (Å²) < 4.78 is 12.0. The molecule has 1 spiro atoms. The highest BCUT2D eigenvalue weighted by molar-refractivity contribution is 5.98. The number of hydrogen-bond donors (Lipinski definition) is 2. The molecule has 0 aromatic heterocycles. The first-order valence-corrected chi connectivity index (χ1v) is 13.3. The van der Waals surface area contributed by atoms with E-state index in [0.717, 1.165) is 32.1 Å². The van der Waals surface area contributed by atoms with Gasteiger partial charge in [0.1, 0.15) is 17.6 Å². The van der Waals surface area contributed by atoms with E-state index in [-0.39, 0.29) is 30.4 Å². The van der Waals surface area contributed by atoms with Crippen molar-refractivity contribution in [1.82, 2.24) is 10.2 Å². The Hall–Kier alpha value is -1.67. The van der Waals surface area contributed by atoms with E-state index in [1.165, 1.54) is 0 Å². The van der Waals surface area contributed by atoms with Gasteiger partial charge in [0.05, 0.1) is 18.1 Å². The van der Waals surface area contributed by atoms with Crippen LogP contribution >= 0.6 is 0 Å². The average molecular weight is 495 g/mol. The molecule has 8 nitrogen and oxygen atoms in total. The zero-order chi connectivity index (χ0) is 26.2. The molecule has 35 heavy (non-hydrogen) atoms. The van der Waals surface area contributed by atoms with Crippen molar-refractivity contribution >= 4 is 17.8 Å². The van der Waals surface area contributed by atoms with Gasteiger partial charge in [-0.3, -0.25) is 14.4 Å². The molecule has 3 saturated heterocycles. The standard InChI is InChI=1S/C27H46N2O6/c1-8-34-23(33)19-18-22(32)29(15-11-9-10-12-16-30)20(27(18)14-13-26(19,7)35-27)21(31)28-25(5,6)17-24(2,3)4/h18-20,30H,8-17H2,1-7H3,(H,28,31)/t18-,19-,20?,26+,27?/m0/s1. The number of aliphatic hydroxyl groups excluding tert-OH is 1. The van der Waals surface area contributed by atoms with E-state index in [1.807, 2.05) is 20.8 Å². The van der Waals surface area contributed by atoms with Crippen LogP contribution in [0.5, 0.6) is 0 Å². The molecule has 0 aliphatic carbocycles. The van der Waals surface area contributed by atoms with Crippen LogP contribution in [-0.4, -0.2) is 70.3 Å². The van der Waals surface area contributed by atoms with Crippen LogP contribution in [-0.2, 0) is 23.9 Å². The number of carbonyl (C=O) groups is 3. The second-order valence-corrected chi connectivity index (χ2v) is 12.8. The molecule has 2 bridgehead atoms. The van der Waals surface area contributed by atoms with Crippen molar-refractivity contribution in [3.63, 3.8) is 0 Å². The lowest BCUT2D eigenvalue weighted by atomic mass is 9.66. The van der Waals surface area contributed by atoms with E-state index in [2.05, 4.69) is 26.1 Å². The lowest BCUT2D eigenvalue weighted by Gasteiger charge is -2.38. The minimum atomic E-state index is -1.02. The summed E-state index contributed by atoms with van der Waals surface area (Å²) in [5.74, 6) is -2.21. The highest BCUT2D eigenvalue weighted by Crippen LogP contribution is 2.63. The number of rotatable bonds is 11. The molecule has 2 unspecified atom stereocenters. The summed E-state index contributed by atoms with van der Waals surface area (Å²) in [4.78, 5) is 42.5. The second-order valence-electron chi connectivity index (χ2n) is 12.8. The summed E-state index contributed by atoms with van der Waals surface area (Å²) in [6, 6.07) is -0.779. The van der Waals surface area contributed by atoms with Gasteiger partial charge in [-0.2, -0.15) is 0 Å². The number of aliphatic hydroxyl groups is 1. The van der Waals surface area contributed by atoms with Crippen molar-refractivity contribution in [2.24, 2.45) is 17.3 Å². The fraction of sp³-hybridized carbons (Fsp3) is 0.889. The third-order valence-electron chi connectivity index (χ3n) is 7.81. The number of esters is 1. The quantitative estimate of drug-likeness (QED) is 0.338. The minimum absolute atomic E-state index is 0.0142. The Morgan fingerprint density at radius 1 is 1.14 bits per heavy atom. The molecule has 2 N–H and O–H groups in total. The van der Waals surface area contributed by atoms with E-state index in [0.29, 0.717) is 19.4 Å². The van der Waals surface area contributed by atoms with Crippen LogP contribution in [0.25, 0.3) is 0 Å². The first kappa shape index (κ1) is 27.9. The van der Waals surface area contributed by atoms with Crippen molar-refractivity contribution in [2.45, 2.75) is 116 Å². The topological polar surface area (TPSA) is 105 Å². The van der Waals surface area contributed by atoms with Gasteiger partial charge in [-0.15, -0.1) is 0 Å². The Morgan fingerprint density at radius 2 is 1.80 bits per heavy atom. The molecule has 8 heteroatoms. The predicted octanol–water partition coefficient (Wildman–Crippen LogP) is 3.20. The van der Waals surface area contributed by atoms with E-state index in [1.54, 1.807) is 11.8 Å². The van der Waals surface area contributed by atoms with Gasteiger partial charge < -0.3 is 24.8 Å². The summed E-state index contributed by atoms with van der Waals surface area (Å²) >= 11 is 0. The van der Waals surface area contributed by atoms with Gasteiger partial charge in [-0.05, 0) is 65.2 Å². The van der Waals surface area contributed by atoms with E-state index in [9.17, 15) is 14.4 Å². The Labute approximate surface area is 210 Å². The number of nitrogens with zero attached hydrogens (tertiary/aromatic N) is 1. The molecule has 0 aromatic carbocycles. The van der Waals surface area contributed by atoms with Gasteiger partial charge >= 0.3 is 5.97 Å². The highest BCUT2D eigenvalue weighted by atomic mass is 16.6. The molecule has 3 aliphatic heterocycles. The van der Waals surface area contributed by atoms with Gasteiger partial charge in [0, 0.05) is 18.7 Å². The van der Waals surface area contributed by atoms with Crippen LogP contribution in [0.15, 0.2) is 0 Å². The average Bonchev–Trinajstić information content (AvgIpc) is 3.27. The summed E-state index contributed by atoms with van der Waals surface area (Å²) in [5.41, 5.74) is -2.28. The minimum Gasteiger partial charge on any atom is -0.466 e. The molecule has 0 radical (unpaired) electrons. The van der Waals surface area contributed by atoms with E-state index < -0.39 is 40.6 Å². The maximum Gasteiger partial charge on any atom is 0.312 e. The zero-order valence-electron chi connectivity index (χ0n) is 22.7. The molecule has 2 amide bonds. The lowest BCUT2D eigenvalue weighted by molar-refractivity contribution is -0.159. The monoisotopic (exact) mass is 494 g/mol. The number of carbonyl (C=O) groups excluding carboxylic acids is 3. The Morgan fingerprint density at radius 3 is 2.40 bits per heavy atom. The first-order valence-electron chi connectivity index (χ1n) is 13.3. The number of hydrogen-bond acceptors (Lipinski definition) is 6. The Bertz CT molecular complexity index is 821. The third kappa shape index (κ3) is 5.38. The van der Waals surface area contributed by atoms with Gasteiger partial charge in [0.15, 0.2) is 0 Å². The number of likely N-dealkylation sites (tertiary alicyclic amines) is 1. The van der Waals surface area contributed by atoms with Crippen LogP contribution in [0.4, 0.5) is 0 Å². The van der Waals surface area contributed by atoms with Gasteiger partial charge in [-0.1, -0.05) is 33.6 Å². The lowest BCUT2D eigenvalue weighted by Crippen LogP contribution is -2.59. The molecule has 3 heterocycles. The number of amides is 2. The predicted molar refractivity (Wildman–Crippen MR) is 132 cm³/mol. The molecule has 3 rings (SSSR count). The fourth-order valence-corrected chi connectivity index (χ4v) is 7.08. The summed E-state index contributed by atoms with van der Waals surface area (Å²) in [5, 5.41) is 12.3. The van der Waals surface area contributed by atoms with Crippen LogP contribution in [0.2, 0.25) is 0 Å². The fourth-order valence-electron chi connectivity index (χ4n) is 7.08. The first-order chi connectivity index (χ1) is 16.2. The summed E-state index contributed by atoms with van der Waals surface area (Å²) in [6.45, 7) is 14.9. The molecular weight excluding hydrogens is 448 g/mol. The van der Waals surface area contributed by atoms with Crippen molar-refractivity contribution in [3.05, 3.63) is 0 Å². The van der Waals surface area contributed by atoms with Crippen molar-refractivity contribution in [3.8, 4) is 0 Å². The SMILES string of the molecule is CCOC(=O)[C@@H]1[C@H]2C(=O)N(CCCCCCO)C(C(=O)NC(C)(C)CC(C)(C)C)C23CC[C@@]1(C)O3. The molecule has 0 saturated carbocycles. The molecule has 3 aliphatic rings. The van der Waals surface area contributed by atoms with Crippen LogP contribution < -0.4 is 5.32 Å². The van der Waals surface area contributed by atoms with Gasteiger partial charge in [0.25, 0.3) is 0 Å². The Balaban J connectivity index is 1.92. The molecule has 5 atom stereocenters. The third-order valence-corrected chi connectivity index (χ3v) is 7.81. The summed E-state index contributed by atoms with van der Waals surface area (Å²) in [6.07, 6.45) is 5.11. The van der Waals surface area contributed by atoms with Crippen molar-refractivity contribution in [1.29, 1.82) is 0 Å². The van der Waals surface area contributed by atoms with Gasteiger partial charge in [0.2, 0.25) is 11.8 Å². The number of unbranched alkanes of at least 4 members (excludes halogenated alkanes) is 3. The molecular formula is C27H46N2O6. The smallest absolute Gasteiger partial charge is 0.312 e. The van der Waals surface area contributed by atoms with E-state index >= 15 is 0 Å². The van der Waals surface area contributed by atoms with Crippen molar-refractivity contribution < 1.29 is 29.0 Å². The molecule has 200 valence electrons. The maximum absolute atomic E-state index is 13.9. The summed E-state index contributed by atoms with van der Waals surface area (Å²) in [7, 11) is 0. The number of fused-ring (bicyclic) bond motifs is 1. The Kier molecular flexibility index (Phi) is 7.98. The van der Waals surface area contributed by atoms with Crippen LogP contribution in [0.1, 0.15) is 93.4 Å². The number of ether oxygens (including phenoxy) is 2. The van der Waals surface area contributed by atoms with Crippen LogP contribution in [0.3, 0.4) is 0 Å². The van der Waals surface area contributed by atoms with Crippen molar-refractivity contribution in [2.75, 3.05) is 19.8 Å². The maximum atomic E-state index is 13.9. The molecule has 0 aromatic rings. The number of nitrogens with one attached hydrogen (secondary N) is 1. The molecule has 3 fully saturated rings. The zero-order valence-corrected chi connectivity index (χ0v) is 22.7. The van der Waals surface area contributed by atoms with Crippen LogP contribution in [0, 0.1) is 17.3 Å². The second kappa shape index (κ2) is 10.0. The van der Waals surface area contributed by atoms with Gasteiger partial charge in [-0.25, -0.2) is 0 Å². The van der Waals surface area contributed by atoms with E-state index in [4.69, 9.17) is 14.6 Å².